The van der Waals surface area contributed by atoms with Crippen LogP contribution in [0.2, 0.25) is 0 Å². The molecule has 5 nitrogen and oxygen atoms in total. The molecule has 0 aromatic heterocycles. The molecule has 1 saturated heterocycles. The first-order chi connectivity index (χ1) is 7.13. The molecular weight excluding hydrogens is 192 g/mol. The maximum absolute atomic E-state index is 11.7. The number of urea groups is 1. The normalized spacial score (nSPS) is 36.1. The van der Waals surface area contributed by atoms with Gasteiger partial charge in [-0.15, -0.1) is 0 Å². The summed E-state index contributed by atoms with van der Waals surface area (Å²) in [7, 11) is 0. The molecule has 3 N–H and O–H groups in total. The summed E-state index contributed by atoms with van der Waals surface area (Å²) >= 11 is 0. The Balaban J connectivity index is 2.38. The van der Waals surface area contributed by atoms with Crippen molar-refractivity contribution in [2.45, 2.75) is 25.8 Å². The lowest BCUT2D eigenvalue weighted by Gasteiger charge is -2.45. The molecule has 0 aromatic carbocycles. The minimum atomic E-state index is -0.322. The minimum Gasteiger partial charge on any atom is -0.385 e. The van der Waals surface area contributed by atoms with Crippen LogP contribution in [-0.2, 0) is 0 Å². The lowest BCUT2D eigenvalue weighted by atomic mass is 9.78. The molecule has 1 spiro atoms. The molecule has 2 rings (SSSR count). The quantitative estimate of drug-likeness (QED) is 0.648. The van der Waals surface area contributed by atoms with Gasteiger partial charge in [0.15, 0.2) is 0 Å². The monoisotopic (exact) mass is 210 g/mol. The zero-order valence-electron chi connectivity index (χ0n) is 9.29. The van der Waals surface area contributed by atoms with E-state index in [9.17, 15) is 4.79 Å². The second-order valence-electron chi connectivity index (χ2n) is 4.30. The van der Waals surface area contributed by atoms with Gasteiger partial charge in [0.2, 0.25) is 0 Å². The summed E-state index contributed by atoms with van der Waals surface area (Å²) in [6, 6.07) is -0.177. The molecule has 2 amide bonds. The van der Waals surface area contributed by atoms with Crippen molar-refractivity contribution in [3.05, 3.63) is 0 Å². The van der Waals surface area contributed by atoms with Gasteiger partial charge in [-0.2, -0.15) is 4.99 Å². The fourth-order valence-corrected chi connectivity index (χ4v) is 2.78. The topological polar surface area (TPSA) is 70.7 Å². The van der Waals surface area contributed by atoms with Crippen LogP contribution < -0.4 is 11.1 Å². The summed E-state index contributed by atoms with van der Waals surface area (Å²) in [6.45, 7) is 6.55. The zero-order valence-corrected chi connectivity index (χ0v) is 9.29. The number of piperidine rings is 1. The largest absolute Gasteiger partial charge is 0.385 e. The van der Waals surface area contributed by atoms with Crippen LogP contribution in [0.25, 0.3) is 0 Å². The first-order valence-electron chi connectivity index (χ1n) is 5.50. The number of nitrogens with zero attached hydrogens (tertiary/aromatic N) is 2. The van der Waals surface area contributed by atoms with E-state index in [1.54, 1.807) is 0 Å². The number of rotatable bonds is 1. The van der Waals surface area contributed by atoms with E-state index in [0.717, 1.165) is 19.5 Å². The number of nitrogens with two attached hydrogens (primary N) is 1. The minimum absolute atomic E-state index is 0.177. The summed E-state index contributed by atoms with van der Waals surface area (Å²) in [5.41, 5.74) is 5.63. The number of carbonyl (C=O) groups excluding carboxylic acids is 1. The maximum Gasteiger partial charge on any atom is 0.346 e. The average Bonchev–Trinajstić information content (AvgIpc) is 2.44. The van der Waals surface area contributed by atoms with Gasteiger partial charge in [-0.1, -0.05) is 6.92 Å². The lowest BCUT2D eigenvalue weighted by Crippen LogP contribution is -2.63. The van der Waals surface area contributed by atoms with E-state index in [1.165, 1.54) is 0 Å². The molecular formula is C10H18N4O. The van der Waals surface area contributed by atoms with Gasteiger partial charge in [0, 0.05) is 13.1 Å². The van der Waals surface area contributed by atoms with Crippen molar-refractivity contribution >= 4 is 11.9 Å². The van der Waals surface area contributed by atoms with Gasteiger partial charge in [0.05, 0.1) is 0 Å². The Morgan fingerprint density at radius 2 is 2.47 bits per heavy atom. The number of hydrogen-bond acceptors (Lipinski definition) is 3. The molecule has 5 heteroatoms. The van der Waals surface area contributed by atoms with Gasteiger partial charge in [0.1, 0.15) is 11.4 Å². The van der Waals surface area contributed by atoms with Crippen LogP contribution >= 0.6 is 0 Å². The number of likely N-dealkylation sites (N-methyl/N-ethyl adjacent to an activating group) is 1. The van der Waals surface area contributed by atoms with Crippen LogP contribution in [0.4, 0.5) is 4.79 Å². The van der Waals surface area contributed by atoms with Crippen molar-refractivity contribution in [3.63, 3.8) is 0 Å². The van der Waals surface area contributed by atoms with E-state index in [-0.39, 0.29) is 11.6 Å². The Morgan fingerprint density at radius 3 is 3.07 bits per heavy atom. The van der Waals surface area contributed by atoms with E-state index in [0.29, 0.717) is 18.3 Å². The molecule has 0 aliphatic carbocycles. The fourth-order valence-electron chi connectivity index (χ4n) is 2.78. The molecule has 2 atom stereocenters. The van der Waals surface area contributed by atoms with Crippen molar-refractivity contribution in [1.29, 1.82) is 0 Å². The van der Waals surface area contributed by atoms with Gasteiger partial charge < -0.3 is 16.0 Å². The van der Waals surface area contributed by atoms with Crippen LogP contribution in [0.15, 0.2) is 4.99 Å². The Labute approximate surface area is 89.7 Å². The number of amidine groups is 1. The van der Waals surface area contributed by atoms with E-state index < -0.39 is 0 Å². The average molecular weight is 210 g/mol. The second-order valence-corrected chi connectivity index (χ2v) is 4.30. The van der Waals surface area contributed by atoms with Gasteiger partial charge >= 0.3 is 6.03 Å². The van der Waals surface area contributed by atoms with Crippen molar-refractivity contribution in [3.8, 4) is 0 Å². The zero-order chi connectivity index (χ0) is 11.1. The number of aliphatic imine (C=N–C) groups is 1. The smallest absolute Gasteiger partial charge is 0.346 e. The first-order valence-corrected chi connectivity index (χ1v) is 5.50. The van der Waals surface area contributed by atoms with Gasteiger partial charge in [-0.25, -0.2) is 4.79 Å². The number of amides is 2. The summed E-state index contributed by atoms with van der Waals surface area (Å²) in [6.07, 6.45) is 0.864. The number of nitrogens with one attached hydrogen (secondary N) is 1. The summed E-state index contributed by atoms with van der Waals surface area (Å²) in [5, 5.41) is 3.32. The maximum atomic E-state index is 11.7. The van der Waals surface area contributed by atoms with Crippen LogP contribution in [0.5, 0.6) is 0 Å². The van der Waals surface area contributed by atoms with Crippen LogP contribution in [0.3, 0.4) is 0 Å². The highest BCUT2D eigenvalue weighted by Crippen LogP contribution is 2.35. The third-order valence-corrected chi connectivity index (χ3v) is 3.64. The van der Waals surface area contributed by atoms with Crippen LogP contribution in [-0.4, -0.2) is 41.9 Å². The Morgan fingerprint density at radius 1 is 1.73 bits per heavy atom. The summed E-state index contributed by atoms with van der Waals surface area (Å²) < 4.78 is 0. The fraction of sp³-hybridized carbons (Fsp3) is 0.800. The van der Waals surface area contributed by atoms with Gasteiger partial charge in [-0.3, -0.25) is 0 Å². The predicted octanol–water partition coefficient (Wildman–Crippen LogP) is 0.167. The molecule has 0 bridgehead atoms. The molecule has 2 heterocycles. The van der Waals surface area contributed by atoms with Crippen LogP contribution in [0.1, 0.15) is 20.3 Å². The summed E-state index contributed by atoms with van der Waals surface area (Å²) in [5.74, 6) is 0.824. The van der Waals surface area contributed by atoms with Crippen molar-refractivity contribution < 1.29 is 4.79 Å². The van der Waals surface area contributed by atoms with Crippen molar-refractivity contribution in [2.75, 3.05) is 19.6 Å². The molecule has 1 fully saturated rings. The Hall–Kier alpha value is -1.10. The van der Waals surface area contributed by atoms with E-state index in [2.05, 4.69) is 17.2 Å². The first kappa shape index (κ1) is 10.4. The van der Waals surface area contributed by atoms with E-state index >= 15 is 0 Å². The standard InChI is InChI=1S/C10H18N4O/c1-3-14-9(15)13-8(11)10(14)4-5-12-6-7(10)2/h7,12H,3-6H2,1-2H3,(H2,11,13,15). The number of carbonyl (C=O) groups is 1. The molecule has 0 radical (unpaired) electrons. The SMILES string of the molecule is CCN1C(=O)N=C(N)C12CCNCC2C. The molecule has 2 aliphatic rings. The van der Waals surface area contributed by atoms with Crippen molar-refractivity contribution in [1.82, 2.24) is 10.2 Å². The third-order valence-electron chi connectivity index (χ3n) is 3.64. The highest BCUT2D eigenvalue weighted by Gasteiger charge is 2.52. The Bertz CT molecular complexity index is 315. The highest BCUT2D eigenvalue weighted by molar-refractivity contribution is 6.06. The lowest BCUT2D eigenvalue weighted by molar-refractivity contribution is 0.114. The molecule has 0 saturated carbocycles. The molecule has 0 aromatic rings. The third kappa shape index (κ3) is 1.26. The molecule has 15 heavy (non-hydrogen) atoms. The predicted molar refractivity (Wildman–Crippen MR) is 58.8 cm³/mol. The van der Waals surface area contributed by atoms with E-state index in [4.69, 9.17) is 5.73 Å². The van der Waals surface area contributed by atoms with Crippen molar-refractivity contribution in [2.24, 2.45) is 16.6 Å². The highest BCUT2D eigenvalue weighted by atomic mass is 16.2. The molecule has 84 valence electrons. The van der Waals surface area contributed by atoms with Gasteiger partial charge in [-0.05, 0) is 25.8 Å². The molecule has 2 unspecified atom stereocenters. The van der Waals surface area contributed by atoms with Gasteiger partial charge in [0.25, 0.3) is 0 Å². The van der Waals surface area contributed by atoms with E-state index in [1.807, 2.05) is 11.8 Å². The molecule has 2 aliphatic heterocycles. The van der Waals surface area contributed by atoms with Crippen LogP contribution in [0, 0.1) is 5.92 Å². The number of hydrogen-bond donors (Lipinski definition) is 2. The Kier molecular flexibility index (Phi) is 2.42. The second kappa shape index (κ2) is 3.48. The summed E-state index contributed by atoms with van der Waals surface area (Å²) in [4.78, 5) is 17.4.